The molecule has 2 atom stereocenters. The molecule has 2 rings (SSSR count). The van der Waals surface area contributed by atoms with Crippen LogP contribution < -0.4 is 10.1 Å². The van der Waals surface area contributed by atoms with E-state index in [1.807, 2.05) is 50.2 Å². The molecule has 1 aromatic heterocycles. The molecule has 112 valence electrons. The Hall–Kier alpha value is -1.91. The largest absolute Gasteiger partial charge is 0.494 e. The van der Waals surface area contributed by atoms with E-state index in [2.05, 4.69) is 10.3 Å². The molecule has 0 amide bonds. The van der Waals surface area contributed by atoms with E-state index in [9.17, 15) is 5.11 Å². The van der Waals surface area contributed by atoms with Gasteiger partial charge in [-0.15, -0.1) is 0 Å². The summed E-state index contributed by atoms with van der Waals surface area (Å²) < 4.78 is 5.40. The summed E-state index contributed by atoms with van der Waals surface area (Å²) in [6.07, 6.45) is 2.98. The lowest BCUT2D eigenvalue weighted by Gasteiger charge is -2.21. The van der Waals surface area contributed by atoms with Crippen molar-refractivity contribution in [2.24, 2.45) is 0 Å². The van der Waals surface area contributed by atoms with Crippen molar-refractivity contribution in [1.29, 1.82) is 0 Å². The van der Waals surface area contributed by atoms with Crippen LogP contribution in [0, 0.1) is 0 Å². The average molecular weight is 286 g/mol. The third-order valence-corrected chi connectivity index (χ3v) is 3.38. The van der Waals surface area contributed by atoms with Crippen molar-refractivity contribution < 1.29 is 9.84 Å². The van der Waals surface area contributed by atoms with Crippen molar-refractivity contribution in [3.05, 3.63) is 59.9 Å². The van der Waals surface area contributed by atoms with Gasteiger partial charge in [-0.2, -0.15) is 0 Å². The Balaban J connectivity index is 1.90. The van der Waals surface area contributed by atoms with Gasteiger partial charge in [0.25, 0.3) is 0 Å². The van der Waals surface area contributed by atoms with Crippen LogP contribution in [0.4, 0.5) is 0 Å². The minimum Gasteiger partial charge on any atom is -0.494 e. The summed E-state index contributed by atoms with van der Waals surface area (Å²) in [5, 5.41) is 13.7. The van der Waals surface area contributed by atoms with Crippen LogP contribution in [-0.2, 0) is 6.54 Å². The Morgan fingerprint density at radius 3 is 2.43 bits per heavy atom. The average Bonchev–Trinajstić information content (AvgIpc) is 2.54. The maximum atomic E-state index is 10.4. The zero-order valence-electron chi connectivity index (χ0n) is 12.5. The fourth-order valence-corrected chi connectivity index (χ4v) is 2.11. The Morgan fingerprint density at radius 2 is 1.81 bits per heavy atom. The van der Waals surface area contributed by atoms with Crippen molar-refractivity contribution in [3.8, 4) is 5.75 Å². The SMILES string of the molecule is CCOc1ccc(C(O)C(C)NCc2ccncc2)cc1. The highest BCUT2D eigenvalue weighted by Crippen LogP contribution is 2.20. The van der Waals surface area contributed by atoms with Crippen LogP contribution in [0.5, 0.6) is 5.75 Å². The topological polar surface area (TPSA) is 54.4 Å². The van der Waals surface area contributed by atoms with E-state index in [4.69, 9.17) is 4.74 Å². The Morgan fingerprint density at radius 1 is 1.14 bits per heavy atom. The smallest absolute Gasteiger partial charge is 0.119 e. The standard InChI is InChI=1S/C17H22N2O2/c1-3-21-16-6-4-15(5-7-16)17(20)13(2)19-12-14-8-10-18-11-9-14/h4-11,13,17,19-20H,3,12H2,1-2H3. The predicted octanol–water partition coefficient (Wildman–Crippen LogP) is 2.69. The predicted molar refractivity (Wildman–Crippen MR) is 83.1 cm³/mol. The molecule has 0 bridgehead atoms. The molecule has 2 unspecified atom stereocenters. The van der Waals surface area contributed by atoms with Gasteiger partial charge in [0.15, 0.2) is 0 Å². The molecule has 0 aliphatic carbocycles. The third-order valence-electron chi connectivity index (χ3n) is 3.38. The minimum absolute atomic E-state index is 0.0453. The number of nitrogens with one attached hydrogen (secondary N) is 1. The summed E-state index contributed by atoms with van der Waals surface area (Å²) in [6.45, 7) is 5.28. The number of aliphatic hydroxyl groups excluding tert-OH is 1. The van der Waals surface area contributed by atoms with E-state index in [1.165, 1.54) is 0 Å². The second-order valence-corrected chi connectivity index (χ2v) is 4.97. The van der Waals surface area contributed by atoms with Crippen molar-refractivity contribution in [2.75, 3.05) is 6.61 Å². The number of ether oxygens (including phenoxy) is 1. The van der Waals surface area contributed by atoms with Crippen molar-refractivity contribution in [2.45, 2.75) is 32.5 Å². The highest BCUT2D eigenvalue weighted by Gasteiger charge is 2.15. The Kier molecular flexibility index (Phi) is 5.72. The van der Waals surface area contributed by atoms with Gasteiger partial charge < -0.3 is 15.2 Å². The maximum Gasteiger partial charge on any atom is 0.119 e. The summed E-state index contributed by atoms with van der Waals surface area (Å²) in [5.41, 5.74) is 2.03. The number of hydrogen-bond acceptors (Lipinski definition) is 4. The number of aromatic nitrogens is 1. The van der Waals surface area contributed by atoms with E-state index >= 15 is 0 Å². The van der Waals surface area contributed by atoms with Gasteiger partial charge in [-0.3, -0.25) is 4.98 Å². The number of hydrogen-bond donors (Lipinski definition) is 2. The summed E-state index contributed by atoms with van der Waals surface area (Å²) in [6, 6.07) is 11.5. The fraction of sp³-hybridized carbons (Fsp3) is 0.353. The molecular weight excluding hydrogens is 264 g/mol. The van der Waals surface area contributed by atoms with Crippen LogP contribution in [0.3, 0.4) is 0 Å². The summed E-state index contributed by atoms with van der Waals surface area (Å²) in [7, 11) is 0. The van der Waals surface area contributed by atoms with Crippen molar-refractivity contribution in [1.82, 2.24) is 10.3 Å². The van der Waals surface area contributed by atoms with Gasteiger partial charge >= 0.3 is 0 Å². The number of nitrogens with zero attached hydrogens (tertiary/aromatic N) is 1. The van der Waals surface area contributed by atoms with E-state index in [0.29, 0.717) is 13.2 Å². The van der Waals surface area contributed by atoms with Gasteiger partial charge in [-0.05, 0) is 49.2 Å². The molecule has 4 nitrogen and oxygen atoms in total. The quantitative estimate of drug-likeness (QED) is 0.821. The Labute approximate surface area is 125 Å². The van der Waals surface area contributed by atoms with Gasteiger partial charge in [-0.25, -0.2) is 0 Å². The van der Waals surface area contributed by atoms with Gasteiger partial charge in [0.05, 0.1) is 12.7 Å². The number of aliphatic hydroxyl groups is 1. The van der Waals surface area contributed by atoms with Crippen LogP contribution in [-0.4, -0.2) is 22.7 Å². The van der Waals surface area contributed by atoms with E-state index in [-0.39, 0.29) is 6.04 Å². The fourth-order valence-electron chi connectivity index (χ4n) is 2.11. The molecule has 0 spiro atoms. The minimum atomic E-state index is -0.553. The van der Waals surface area contributed by atoms with Crippen LogP contribution in [0.25, 0.3) is 0 Å². The molecule has 1 heterocycles. The van der Waals surface area contributed by atoms with Gasteiger partial charge in [0.2, 0.25) is 0 Å². The number of pyridine rings is 1. The molecule has 0 radical (unpaired) electrons. The highest BCUT2D eigenvalue weighted by atomic mass is 16.5. The zero-order valence-corrected chi connectivity index (χ0v) is 12.5. The lowest BCUT2D eigenvalue weighted by Crippen LogP contribution is -2.31. The van der Waals surface area contributed by atoms with Crippen molar-refractivity contribution in [3.63, 3.8) is 0 Å². The van der Waals surface area contributed by atoms with Crippen LogP contribution in [0.2, 0.25) is 0 Å². The number of rotatable bonds is 7. The lowest BCUT2D eigenvalue weighted by molar-refractivity contribution is 0.135. The van der Waals surface area contributed by atoms with E-state index in [1.54, 1.807) is 12.4 Å². The van der Waals surface area contributed by atoms with E-state index < -0.39 is 6.10 Å². The third kappa shape index (κ3) is 4.55. The first kappa shape index (κ1) is 15.5. The monoisotopic (exact) mass is 286 g/mol. The zero-order chi connectivity index (χ0) is 15.1. The highest BCUT2D eigenvalue weighted by molar-refractivity contribution is 5.29. The number of benzene rings is 1. The second kappa shape index (κ2) is 7.76. The molecule has 2 N–H and O–H groups in total. The molecule has 0 aliphatic rings. The molecule has 4 heteroatoms. The van der Waals surface area contributed by atoms with Crippen molar-refractivity contribution >= 4 is 0 Å². The molecule has 0 fully saturated rings. The maximum absolute atomic E-state index is 10.4. The lowest BCUT2D eigenvalue weighted by atomic mass is 10.0. The summed E-state index contributed by atoms with van der Waals surface area (Å²) in [5.74, 6) is 0.825. The second-order valence-electron chi connectivity index (χ2n) is 4.97. The van der Waals surface area contributed by atoms with E-state index in [0.717, 1.165) is 16.9 Å². The molecule has 21 heavy (non-hydrogen) atoms. The summed E-state index contributed by atoms with van der Waals surface area (Å²) >= 11 is 0. The van der Waals surface area contributed by atoms with Crippen LogP contribution in [0.1, 0.15) is 31.1 Å². The molecular formula is C17H22N2O2. The molecule has 2 aromatic rings. The first-order valence-corrected chi connectivity index (χ1v) is 7.24. The molecule has 0 saturated heterocycles. The first-order chi connectivity index (χ1) is 10.2. The first-order valence-electron chi connectivity index (χ1n) is 7.24. The Bertz CT molecular complexity index is 528. The normalized spacial score (nSPS) is 13.7. The summed E-state index contributed by atoms with van der Waals surface area (Å²) in [4.78, 5) is 3.99. The van der Waals surface area contributed by atoms with Crippen LogP contribution in [0.15, 0.2) is 48.8 Å². The molecule has 0 saturated carbocycles. The van der Waals surface area contributed by atoms with Gasteiger partial charge in [0, 0.05) is 25.0 Å². The molecule has 0 aliphatic heterocycles. The van der Waals surface area contributed by atoms with Gasteiger partial charge in [-0.1, -0.05) is 12.1 Å². The van der Waals surface area contributed by atoms with Crippen LogP contribution >= 0.6 is 0 Å². The van der Waals surface area contributed by atoms with Gasteiger partial charge in [0.1, 0.15) is 5.75 Å². The molecule has 1 aromatic carbocycles.